The molecular weight excluding hydrogens is 295 g/mol. The summed E-state index contributed by atoms with van der Waals surface area (Å²) in [5, 5.41) is 10.6. The second-order valence-corrected chi connectivity index (χ2v) is 10.6. The Hall–Kier alpha value is -0.305. The second kappa shape index (κ2) is 5.35. The van der Waals surface area contributed by atoms with Gasteiger partial charge >= 0.3 is 0 Å². The zero-order chi connectivity index (χ0) is 17.3. The molecule has 0 aromatic carbocycles. The third kappa shape index (κ3) is 2.09. The van der Waals surface area contributed by atoms with Crippen molar-refractivity contribution >= 4 is 13.6 Å². The number of ketones is 1. The van der Waals surface area contributed by atoms with E-state index in [-0.39, 0.29) is 11.5 Å². The van der Waals surface area contributed by atoms with Crippen LogP contribution in [0.3, 0.4) is 0 Å². The number of Topliss-reactive ketones (excluding diaryl/α,β-unsaturated/α-hetero) is 1. The van der Waals surface area contributed by atoms with Crippen molar-refractivity contribution in [2.24, 2.45) is 34.5 Å². The fraction of sp³-hybridized carbons (Fsp3) is 0.952. The fourth-order valence-corrected chi connectivity index (χ4v) is 8.28. The van der Waals surface area contributed by atoms with Crippen molar-refractivity contribution in [3.05, 3.63) is 0 Å². The van der Waals surface area contributed by atoms with Gasteiger partial charge in [-0.2, -0.15) is 0 Å². The van der Waals surface area contributed by atoms with Gasteiger partial charge in [-0.1, -0.05) is 32.0 Å². The van der Waals surface area contributed by atoms with Gasteiger partial charge in [0, 0.05) is 5.92 Å². The number of carbonyl (C=O) groups excluding carboxylic acids is 1. The molecule has 2 nitrogen and oxygen atoms in total. The Morgan fingerprint density at radius 2 is 1.75 bits per heavy atom. The molecule has 1 N–H and O–H groups in total. The maximum absolute atomic E-state index is 12.2. The summed E-state index contributed by atoms with van der Waals surface area (Å²) in [4.78, 5) is 12.2. The zero-order valence-electron chi connectivity index (χ0n) is 16.1. The topological polar surface area (TPSA) is 37.3 Å². The van der Waals surface area contributed by atoms with Crippen LogP contribution in [0.25, 0.3) is 0 Å². The van der Waals surface area contributed by atoms with Crippen molar-refractivity contribution in [3.8, 4) is 0 Å². The van der Waals surface area contributed by atoms with E-state index in [1.165, 1.54) is 38.5 Å². The third-order valence-electron chi connectivity index (χ3n) is 9.84. The Bertz CT molecular complexity index is 548. The minimum atomic E-state index is -0.0814. The normalized spacial score (nSPS) is 56.9. The van der Waals surface area contributed by atoms with Crippen LogP contribution in [0.4, 0.5) is 0 Å². The summed E-state index contributed by atoms with van der Waals surface area (Å²) in [6.07, 6.45) is 10.7. The minimum absolute atomic E-state index is 0.0814. The Morgan fingerprint density at radius 1 is 1.00 bits per heavy atom. The number of rotatable bonds is 1. The highest BCUT2D eigenvalue weighted by molar-refractivity contribution is 6.16. The summed E-state index contributed by atoms with van der Waals surface area (Å²) in [7, 11) is 2.46. The average molecular weight is 330 g/mol. The smallest absolute Gasteiger partial charge is 0.133 e. The van der Waals surface area contributed by atoms with Gasteiger partial charge in [-0.05, 0) is 80.5 Å². The molecule has 4 rings (SSSR count). The molecule has 8 atom stereocenters. The first-order valence-electron chi connectivity index (χ1n) is 10.4. The number of fused-ring (bicyclic) bond motifs is 5. The average Bonchev–Trinajstić information content (AvgIpc) is 2.86. The maximum Gasteiger partial charge on any atom is 0.133 e. The fourth-order valence-electron chi connectivity index (χ4n) is 8.28. The minimum Gasteiger partial charge on any atom is -0.393 e. The molecule has 0 unspecified atom stereocenters. The van der Waals surface area contributed by atoms with Crippen LogP contribution >= 0.6 is 0 Å². The summed E-state index contributed by atoms with van der Waals surface area (Å²) in [6.45, 7) is 6.82. The number of hydrogen-bond acceptors (Lipinski definition) is 2. The first-order valence-corrected chi connectivity index (χ1v) is 10.4. The molecule has 4 fully saturated rings. The van der Waals surface area contributed by atoms with E-state index in [9.17, 15) is 9.90 Å². The van der Waals surface area contributed by atoms with Gasteiger partial charge in [-0.15, -0.1) is 0 Å². The monoisotopic (exact) mass is 330 g/mol. The van der Waals surface area contributed by atoms with Gasteiger partial charge in [0.15, 0.2) is 0 Å². The van der Waals surface area contributed by atoms with Gasteiger partial charge in [0.05, 0.1) is 6.10 Å². The molecule has 0 radical (unpaired) electrons. The lowest BCUT2D eigenvalue weighted by atomic mass is 9.35. The van der Waals surface area contributed by atoms with E-state index in [1.54, 1.807) is 0 Å². The van der Waals surface area contributed by atoms with Crippen molar-refractivity contribution in [1.29, 1.82) is 0 Å². The predicted octanol–water partition coefficient (Wildman–Crippen LogP) is 3.77. The third-order valence-corrected chi connectivity index (χ3v) is 9.84. The molecule has 4 saturated carbocycles. The lowest BCUT2D eigenvalue weighted by Crippen LogP contribution is -2.56. The molecule has 0 spiro atoms. The maximum atomic E-state index is 12.2. The summed E-state index contributed by atoms with van der Waals surface area (Å²) in [6, 6.07) is 0. The highest BCUT2D eigenvalue weighted by Gasteiger charge is 2.63. The summed E-state index contributed by atoms with van der Waals surface area (Å²) in [5.74, 6) is 3.15. The lowest BCUT2D eigenvalue weighted by Gasteiger charge is -2.65. The molecule has 0 amide bonds. The molecule has 0 aromatic rings. The Labute approximate surface area is 148 Å². The largest absolute Gasteiger partial charge is 0.393 e. The standard InChI is InChI=1S/C21H35BO2/c1-13(23)16-4-5-17-15-7-11-21(22)12-14(24)6-10-20(21,3)18(15)8-9-19(16,17)2/h14-18,24H,4-12,22H2,1-3H3/t14-,15+,16-,17+,18+,19-,20-,21+/m1/s1. The van der Waals surface area contributed by atoms with E-state index in [4.69, 9.17) is 0 Å². The molecular formula is C21H35BO2. The summed E-state index contributed by atoms with van der Waals surface area (Å²) in [5.41, 5.74) is 0.663. The van der Waals surface area contributed by atoms with Crippen LogP contribution < -0.4 is 0 Å². The van der Waals surface area contributed by atoms with E-state index in [1.807, 2.05) is 6.92 Å². The van der Waals surface area contributed by atoms with E-state index >= 15 is 0 Å². The quantitative estimate of drug-likeness (QED) is 0.743. The van der Waals surface area contributed by atoms with Crippen LogP contribution in [0.2, 0.25) is 5.31 Å². The van der Waals surface area contributed by atoms with Crippen LogP contribution in [0.1, 0.15) is 78.6 Å². The molecule has 3 heteroatoms. The first kappa shape index (κ1) is 17.1. The van der Waals surface area contributed by atoms with E-state index in [0.29, 0.717) is 22.4 Å². The highest BCUT2D eigenvalue weighted by atomic mass is 16.3. The van der Waals surface area contributed by atoms with E-state index < -0.39 is 0 Å². The van der Waals surface area contributed by atoms with Gasteiger partial charge in [-0.3, -0.25) is 4.79 Å². The molecule has 24 heavy (non-hydrogen) atoms. The van der Waals surface area contributed by atoms with Gasteiger partial charge in [-0.25, -0.2) is 0 Å². The van der Waals surface area contributed by atoms with Gasteiger partial charge in [0.1, 0.15) is 13.6 Å². The molecule has 134 valence electrons. The number of aliphatic hydroxyl groups excluding tert-OH is 1. The number of aliphatic hydroxyl groups is 1. The second-order valence-electron chi connectivity index (χ2n) is 10.6. The summed E-state index contributed by atoms with van der Waals surface area (Å²) >= 11 is 0. The van der Waals surface area contributed by atoms with Gasteiger partial charge in [0.2, 0.25) is 0 Å². The van der Waals surface area contributed by atoms with Crippen LogP contribution in [-0.4, -0.2) is 24.8 Å². The predicted molar refractivity (Wildman–Crippen MR) is 99.7 cm³/mol. The van der Waals surface area contributed by atoms with Crippen LogP contribution in [0.5, 0.6) is 0 Å². The lowest BCUT2D eigenvalue weighted by molar-refractivity contribution is -0.135. The van der Waals surface area contributed by atoms with Crippen molar-refractivity contribution in [2.45, 2.75) is 90.0 Å². The van der Waals surface area contributed by atoms with Crippen LogP contribution in [0.15, 0.2) is 0 Å². The molecule has 0 bridgehead atoms. The van der Waals surface area contributed by atoms with E-state index in [2.05, 4.69) is 21.7 Å². The Kier molecular flexibility index (Phi) is 3.82. The van der Waals surface area contributed by atoms with Crippen molar-refractivity contribution in [2.75, 3.05) is 0 Å². The summed E-state index contributed by atoms with van der Waals surface area (Å²) < 4.78 is 0. The molecule has 0 aromatic heterocycles. The molecule has 4 aliphatic rings. The highest BCUT2D eigenvalue weighted by Crippen LogP contribution is 2.72. The Morgan fingerprint density at radius 3 is 2.46 bits per heavy atom. The van der Waals surface area contributed by atoms with Crippen LogP contribution in [-0.2, 0) is 4.79 Å². The van der Waals surface area contributed by atoms with Crippen molar-refractivity contribution in [3.63, 3.8) is 0 Å². The zero-order valence-corrected chi connectivity index (χ0v) is 16.1. The molecule has 0 heterocycles. The SMILES string of the molecule is B[C@]12CC[C@H]3[C@@H]4CC[C@H](C(C)=O)[C@@]4(C)CC[C@@H]3[C@@]1(C)CC[C@@H](O)C2. The van der Waals surface area contributed by atoms with E-state index in [0.717, 1.165) is 37.0 Å². The molecule has 0 saturated heterocycles. The molecule has 4 aliphatic carbocycles. The van der Waals surface area contributed by atoms with Crippen LogP contribution in [0, 0.1) is 34.5 Å². The Balaban J connectivity index is 1.65. The number of carbonyl (C=O) groups is 1. The number of hydrogen-bond donors (Lipinski definition) is 1. The van der Waals surface area contributed by atoms with Crippen molar-refractivity contribution < 1.29 is 9.90 Å². The van der Waals surface area contributed by atoms with Crippen molar-refractivity contribution in [1.82, 2.24) is 0 Å². The first-order chi connectivity index (χ1) is 11.2. The van der Waals surface area contributed by atoms with Gasteiger partial charge < -0.3 is 5.11 Å². The molecule has 0 aliphatic heterocycles. The van der Waals surface area contributed by atoms with Gasteiger partial charge in [0.25, 0.3) is 0 Å².